The van der Waals surface area contributed by atoms with Gasteiger partial charge in [0.05, 0.1) is 17.9 Å². The lowest BCUT2D eigenvalue weighted by Gasteiger charge is -2.15. The van der Waals surface area contributed by atoms with Gasteiger partial charge in [-0.1, -0.05) is 0 Å². The van der Waals surface area contributed by atoms with Gasteiger partial charge in [0.25, 0.3) is 0 Å². The van der Waals surface area contributed by atoms with Gasteiger partial charge >= 0.3 is 0 Å². The summed E-state index contributed by atoms with van der Waals surface area (Å²) in [4.78, 5) is 5.21. The summed E-state index contributed by atoms with van der Waals surface area (Å²) in [5.74, 6) is 5.18. The average molecular weight is 237 g/mol. The first kappa shape index (κ1) is 11.2. The Morgan fingerprint density at radius 3 is 2.75 bits per heavy atom. The van der Waals surface area contributed by atoms with Gasteiger partial charge in [0.2, 0.25) is 0 Å². The quantitative estimate of drug-likeness (QED) is 0.635. The fourth-order valence-corrected chi connectivity index (χ4v) is 2.33. The van der Waals surface area contributed by atoms with Crippen molar-refractivity contribution in [3.63, 3.8) is 0 Å². The molecule has 1 atom stereocenters. The van der Waals surface area contributed by atoms with E-state index in [0.717, 1.165) is 5.56 Å². The van der Waals surface area contributed by atoms with E-state index in [2.05, 4.69) is 10.4 Å². The summed E-state index contributed by atoms with van der Waals surface area (Å²) in [6, 6.07) is 4.83. The van der Waals surface area contributed by atoms with Crippen molar-refractivity contribution in [2.45, 2.75) is 13.0 Å². The Morgan fingerprint density at radius 1 is 1.44 bits per heavy atom. The molecule has 0 radical (unpaired) electrons. The number of rotatable bonds is 3. The van der Waals surface area contributed by atoms with E-state index in [0.29, 0.717) is 5.69 Å². The van der Waals surface area contributed by atoms with E-state index in [-0.39, 0.29) is 11.9 Å². The smallest absolute Gasteiger partial charge is 0.141 e. The molecule has 3 nitrogen and oxygen atoms in total. The Bertz CT molecular complexity index is 466. The molecule has 0 spiro atoms. The van der Waals surface area contributed by atoms with Crippen LogP contribution in [0.4, 0.5) is 4.39 Å². The summed E-state index contributed by atoms with van der Waals surface area (Å²) in [6.07, 6.45) is 1.20. The highest BCUT2D eigenvalue weighted by atomic mass is 32.1. The molecule has 16 heavy (non-hydrogen) atoms. The molecule has 0 bridgehead atoms. The third-order valence-corrected chi connectivity index (χ3v) is 3.28. The lowest BCUT2D eigenvalue weighted by molar-refractivity contribution is 0.596. The van der Waals surface area contributed by atoms with Crippen LogP contribution in [0.15, 0.2) is 29.8 Å². The molecule has 0 saturated carbocycles. The topological polar surface area (TPSA) is 50.9 Å². The Balaban J connectivity index is 2.37. The number of hydrogen-bond donors (Lipinski definition) is 2. The van der Waals surface area contributed by atoms with Crippen molar-refractivity contribution >= 4 is 11.3 Å². The van der Waals surface area contributed by atoms with Crippen molar-refractivity contribution in [2.24, 2.45) is 5.84 Å². The second-order valence-electron chi connectivity index (χ2n) is 3.43. The number of aromatic nitrogens is 1. The van der Waals surface area contributed by atoms with Gasteiger partial charge in [0, 0.05) is 4.88 Å². The number of hydrogen-bond acceptors (Lipinski definition) is 4. The molecular formula is C11H12FN3S. The number of hydrazine groups is 1. The van der Waals surface area contributed by atoms with Gasteiger partial charge in [-0.05, 0) is 36.1 Å². The number of nitrogens with one attached hydrogen (secondary N) is 1. The van der Waals surface area contributed by atoms with E-state index >= 15 is 0 Å². The number of halogens is 1. The van der Waals surface area contributed by atoms with Crippen LogP contribution < -0.4 is 11.3 Å². The molecule has 0 aliphatic heterocycles. The largest absolute Gasteiger partial charge is 0.271 e. The van der Waals surface area contributed by atoms with Crippen LogP contribution in [-0.4, -0.2) is 4.98 Å². The zero-order valence-electron chi connectivity index (χ0n) is 8.77. The van der Waals surface area contributed by atoms with Crippen LogP contribution in [-0.2, 0) is 0 Å². The third-order valence-electron chi connectivity index (χ3n) is 2.42. The number of pyridine rings is 1. The van der Waals surface area contributed by atoms with E-state index in [4.69, 9.17) is 5.84 Å². The predicted molar refractivity (Wildman–Crippen MR) is 62.4 cm³/mol. The highest BCUT2D eigenvalue weighted by molar-refractivity contribution is 7.10. The Labute approximate surface area is 97.1 Å². The predicted octanol–water partition coefficient (Wildman–Crippen LogP) is 2.14. The normalized spacial score (nSPS) is 12.7. The summed E-state index contributed by atoms with van der Waals surface area (Å²) >= 11 is 1.65. The summed E-state index contributed by atoms with van der Waals surface area (Å²) < 4.78 is 12.8. The first-order valence-electron chi connectivity index (χ1n) is 4.84. The maximum atomic E-state index is 12.8. The van der Waals surface area contributed by atoms with Crippen LogP contribution in [0.1, 0.15) is 22.2 Å². The van der Waals surface area contributed by atoms with Crippen LogP contribution in [0, 0.1) is 12.7 Å². The van der Waals surface area contributed by atoms with Crippen LogP contribution in [0.2, 0.25) is 0 Å². The minimum atomic E-state index is -0.346. The number of thiophene rings is 1. The number of aryl methyl sites for hydroxylation is 1. The van der Waals surface area contributed by atoms with Gasteiger partial charge in [-0.2, -0.15) is 0 Å². The molecule has 1 unspecified atom stereocenters. The molecule has 0 saturated heterocycles. The van der Waals surface area contributed by atoms with Gasteiger partial charge in [0.1, 0.15) is 5.82 Å². The van der Waals surface area contributed by atoms with Crippen LogP contribution in [0.25, 0.3) is 0 Å². The minimum absolute atomic E-state index is 0.188. The molecule has 0 aliphatic carbocycles. The summed E-state index contributed by atoms with van der Waals surface area (Å²) in [7, 11) is 0. The highest BCUT2D eigenvalue weighted by Gasteiger charge is 2.16. The van der Waals surface area contributed by atoms with Gasteiger partial charge < -0.3 is 0 Å². The molecule has 0 aliphatic rings. The SMILES string of the molecule is Cc1sccc1C(NN)c1ccc(F)cn1. The standard InChI is InChI=1S/C11H12FN3S/c1-7-9(4-5-16-7)11(15-13)10-3-2-8(12)6-14-10/h2-6,11,15H,13H2,1H3. The zero-order chi connectivity index (χ0) is 11.5. The van der Waals surface area contributed by atoms with Crippen molar-refractivity contribution in [1.82, 2.24) is 10.4 Å². The first-order valence-corrected chi connectivity index (χ1v) is 5.72. The lowest BCUT2D eigenvalue weighted by atomic mass is 10.1. The van der Waals surface area contributed by atoms with Crippen molar-refractivity contribution in [2.75, 3.05) is 0 Å². The second-order valence-corrected chi connectivity index (χ2v) is 4.55. The molecule has 2 rings (SSSR count). The number of nitrogens with two attached hydrogens (primary N) is 1. The second kappa shape index (κ2) is 4.69. The lowest BCUT2D eigenvalue weighted by Crippen LogP contribution is -2.29. The molecule has 2 aromatic heterocycles. The molecule has 2 heterocycles. The minimum Gasteiger partial charge on any atom is -0.271 e. The first-order chi connectivity index (χ1) is 7.72. The maximum absolute atomic E-state index is 12.8. The summed E-state index contributed by atoms with van der Waals surface area (Å²) in [5, 5.41) is 2.00. The Morgan fingerprint density at radius 2 is 2.25 bits per heavy atom. The molecule has 3 N–H and O–H groups in total. The third kappa shape index (κ3) is 2.11. The summed E-state index contributed by atoms with van der Waals surface area (Å²) in [6.45, 7) is 2.02. The van der Waals surface area contributed by atoms with E-state index in [1.54, 1.807) is 17.4 Å². The molecule has 0 amide bonds. The molecule has 84 valence electrons. The highest BCUT2D eigenvalue weighted by Crippen LogP contribution is 2.26. The van der Waals surface area contributed by atoms with E-state index < -0.39 is 0 Å². The van der Waals surface area contributed by atoms with E-state index in [1.807, 2.05) is 18.4 Å². The van der Waals surface area contributed by atoms with Gasteiger partial charge in [-0.15, -0.1) is 11.3 Å². The molecule has 2 aromatic rings. The molecular weight excluding hydrogens is 225 g/mol. The number of nitrogens with zero attached hydrogens (tertiary/aromatic N) is 1. The van der Waals surface area contributed by atoms with E-state index in [1.165, 1.54) is 17.1 Å². The van der Waals surface area contributed by atoms with Crippen molar-refractivity contribution < 1.29 is 4.39 Å². The summed E-state index contributed by atoms with van der Waals surface area (Å²) in [5.41, 5.74) is 4.49. The van der Waals surface area contributed by atoms with Crippen LogP contribution in [0.3, 0.4) is 0 Å². The van der Waals surface area contributed by atoms with Crippen LogP contribution in [0.5, 0.6) is 0 Å². The van der Waals surface area contributed by atoms with Gasteiger partial charge in [-0.3, -0.25) is 10.8 Å². The average Bonchev–Trinajstić information content (AvgIpc) is 2.69. The van der Waals surface area contributed by atoms with E-state index in [9.17, 15) is 4.39 Å². The molecule has 0 aromatic carbocycles. The molecule has 5 heteroatoms. The fraction of sp³-hybridized carbons (Fsp3) is 0.182. The van der Waals surface area contributed by atoms with Crippen molar-refractivity contribution in [3.8, 4) is 0 Å². The Hall–Kier alpha value is -1.30. The Kier molecular flexibility index (Phi) is 3.28. The maximum Gasteiger partial charge on any atom is 0.141 e. The van der Waals surface area contributed by atoms with Gasteiger partial charge in [0.15, 0.2) is 0 Å². The zero-order valence-corrected chi connectivity index (χ0v) is 9.59. The van der Waals surface area contributed by atoms with Gasteiger partial charge in [-0.25, -0.2) is 9.82 Å². The molecule has 0 fully saturated rings. The van der Waals surface area contributed by atoms with Crippen molar-refractivity contribution in [3.05, 3.63) is 51.7 Å². The van der Waals surface area contributed by atoms with Crippen molar-refractivity contribution in [1.29, 1.82) is 0 Å². The monoisotopic (exact) mass is 237 g/mol. The fourth-order valence-electron chi connectivity index (χ4n) is 1.59. The van der Waals surface area contributed by atoms with Crippen LogP contribution >= 0.6 is 11.3 Å².